The molecule has 0 bridgehead atoms. The minimum absolute atomic E-state index is 0.463. The Bertz CT molecular complexity index is 537. The molecular weight excluding hydrogens is 361 g/mol. The molecule has 4 nitrogen and oxygen atoms in total. The molecule has 0 spiro atoms. The number of halogens is 1. The van der Waals surface area contributed by atoms with E-state index in [0.29, 0.717) is 6.04 Å². The number of fused-ring (bicyclic) bond motifs is 1. The average Bonchev–Trinajstić information content (AvgIpc) is 2.58. The zero-order chi connectivity index (χ0) is 12.4. The molecule has 1 saturated heterocycles. The average molecular weight is 375 g/mol. The molecule has 6 heteroatoms. The van der Waals surface area contributed by atoms with E-state index in [0.717, 1.165) is 48.5 Å². The van der Waals surface area contributed by atoms with Crippen LogP contribution in [0.1, 0.15) is 19.3 Å². The fourth-order valence-electron chi connectivity index (χ4n) is 2.17. The number of nitrogens with one attached hydrogen (secondary N) is 1. The fraction of sp³-hybridized carbons (Fsp3) is 0.500. The summed E-state index contributed by atoms with van der Waals surface area (Å²) in [6.07, 6.45) is 4.95. The molecule has 1 atom stereocenters. The zero-order valence-corrected chi connectivity index (χ0v) is 12.8. The largest absolute Gasteiger partial charge is 0.381 e. The van der Waals surface area contributed by atoms with Gasteiger partial charge in [0.1, 0.15) is 12.1 Å². The Balaban J connectivity index is 1.84. The standard InChI is InChI=1S/C12H14IN3OS/c13-10-6-9-11(18-10)12(15-7-14-9)16-8-2-1-4-17-5-3-8/h6-8H,1-5H2,(H,14,15,16). The molecule has 3 rings (SSSR count). The molecule has 0 amide bonds. The number of hydrogen-bond acceptors (Lipinski definition) is 5. The molecule has 0 saturated carbocycles. The van der Waals surface area contributed by atoms with Crippen LogP contribution in [-0.2, 0) is 4.74 Å². The molecule has 1 N–H and O–H groups in total. The van der Waals surface area contributed by atoms with E-state index in [9.17, 15) is 0 Å². The Labute approximate surface area is 123 Å². The van der Waals surface area contributed by atoms with Crippen LogP contribution in [0, 0.1) is 2.88 Å². The lowest BCUT2D eigenvalue weighted by atomic mass is 10.1. The van der Waals surface area contributed by atoms with Crippen LogP contribution in [0.3, 0.4) is 0 Å². The molecule has 96 valence electrons. The van der Waals surface area contributed by atoms with Crippen molar-refractivity contribution in [3.05, 3.63) is 15.3 Å². The van der Waals surface area contributed by atoms with Crippen molar-refractivity contribution in [3.63, 3.8) is 0 Å². The predicted molar refractivity (Wildman–Crippen MR) is 82.2 cm³/mol. The number of nitrogens with zero attached hydrogens (tertiary/aromatic N) is 2. The lowest BCUT2D eigenvalue weighted by Gasteiger charge is -2.16. The number of hydrogen-bond donors (Lipinski definition) is 1. The number of ether oxygens (including phenoxy) is 1. The summed E-state index contributed by atoms with van der Waals surface area (Å²) in [5, 5.41) is 3.55. The molecule has 1 aliphatic heterocycles. The summed E-state index contributed by atoms with van der Waals surface area (Å²) in [5.74, 6) is 0.972. The minimum atomic E-state index is 0.463. The van der Waals surface area contributed by atoms with Gasteiger partial charge < -0.3 is 10.1 Å². The summed E-state index contributed by atoms with van der Waals surface area (Å²) in [5.41, 5.74) is 1.03. The van der Waals surface area contributed by atoms with Crippen LogP contribution < -0.4 is 5.32 Å². The van der Waals surface area contributed by atoms with E-state index in [4.69, 9.17) is 4.74 Å². The van der Waals surface area contributed by atoms with Gasteiger partial charge in [0, 0.05) is 19.3 Å². The fourth-order valence-corrected chi connectivity index (χ4v) is 3.92. The second-order valence-corrected chi connectivity index (χ2v) is 7.32. The predicted octanol–water partition coefficient (Wildman–Crippen LogP) is 3.28. The molecule has 2 aromatic rings. The number of rotatable bonds is 2. The van der Waals surface area contributed by atoms with Crippen LogP contribution in [0.25, 0.3) is 10.2 Å². The van der Waals surface area contributed by atoms with Crippen LogP contribution in [0.5, 0.6) is 0 Å². The van der Waals surface area contributed by atoms with E-state index >= 15 is 0 Å². The highest BCUT2D eigenvalue weighted by Gasteiger charge is 2.15. The minimum Gasteiger partial charge on any atom is -0.381 e. The molecule has 1 fully saturated rings. The summed E-state index contributed by atoms with van der Waals surface area (Å²) in [6, 6.07) is 2.56. The second-order valence-electron chi connectivity index (χ2n) is 4.37. The molecular formula is C12H14IN3OS. The van der Waals surface area contributed by atoms with Gasteiger partial charge in [-0.3, -0.25) is 0 Å². The molecule has 0 aliphatic carbocycles. The Morgan fingerprint density at radius 3 is 3.22 bits per heavy atom. The van der Waals surface area contributed by atoms with Gasteiger partial charge in [0.05, 0.1) is 13.1 Å². The maximum Gasteiger partial charge on any atom is 0.147 e. The van der Waals surface area contributed by atoms with E-state index in [1.165, 1.54) is 2.88 Å². The van der Waals surface area contributed by atoms with Gasteiger partial charge >= 0.3 is 0 Å². The maximum atomic E-state index is 5.48. The molecule has 2 aromatic heterocycles. The van der Waals surface area contributed by atoms with Crippen LogP contribution in [0.2, 0.25) is 0 Å². The van der Waals surface area contributed by atoms with Gasteiger partial charge in [0.2, 0.25) is 0 Å². The third-order valence-electron chi connectivity index (χ3n) is 3.07. The summed E-state index contributed by atoms with van der Waals surface area (Å²) in [7, 11) is 0. The van der Waals surface area contributed by atoms with Crippen LogP contribution in [0.15, 0.2) is 12.4 Å². The van der Waals surface area contributed by atoms with Gasteiger partial charge in [-0.2, -0.15) is 0 Å². The summed E-state index contributed by atoms with van der Waals surface area (Å²) >= 11 is 4.07. The Hall–Kier alpha value is -0.470. The Morgan fingerprint density at radius 2 is 2.28 bits per heavy atom. The van der Waals surface area contributed by atoms with Crippen LogP contribution in [-0.4, -0.2) is 29.2 Å². The van der Waals surface area contributed by atoms with Crippen molar-refractivity contribution >= 4 is 50.0 Å². The zero-order valence-electron chi connectivity index (χ0n) is 9.86. The molecule has 0 radical (unpaired) electrons. The van der Waals surface area contributed by atoms with E-state index in [1.54, 1.807) is 17.7 Å². The Kier molecular flexibility index (Phi) is 3.95. The first-order valence-electron chi connectivity index (χ1n) is 6.07. The van der Waals surface area contributed by atoms with Gasteiger partial charge in [-0.15, -0.1) is 11.3 Å². The van der Waals surface area contributed by atoms with Crippen molar-refractivity contribution in [1.82, 2.24) is 9.97 Å². The van der Waals surface area contributed by atoms with E-state index < -0.39 is 0 Å². The van der Waals surface area contributed by atoms with E-state index in [1.807, 2.05) is 0 Å². The first-order chi connectivity index (χ1) is 8.83. The van der Waals surface area contributed by atoms with Crippen molar-refractivity contribution in [3.8, 4) is 0 Å². The van der Waals surface area contributed by atoms with Gasteiger partial charge in [0.15, 0.2) is 0 Å². The van der Waals surface area contributed by atoms with Crippen LogP contribution >= 0.6 is 33.9 Å². The molecule has 0 aromatic carbocycles. The highest BCUT2D eigenvalue weighted by Crippen LogP contribution is 2.30. The summed E-state index contributed by atoms with van der Waals surface area (Å²) in [6.45, 7) is 1.72. The lowest BCUT2D eigenvalue weighted by Crippen LogP contribution is -2.20. The number of anilines is 1. The first-order valence-corrected chi connectivity index (χ1v) is 7.97. The van der Waals surface area contributed by atoms with Gasteiger partial charge in [-0.1, -0.05) is 0 Å². The molecule has 1 aliphatic rings. The van der Waals surface area contributed by atoms with E-state index in [2.05, 4.69) is 43.9 Å². The van der Waals surface area contributed by atoms with Crippen molar-refractivity contribution in [2.75, 3.05) is 18.5 Å². The quantitative estimate of drug-likeness (QED) is 0.819. The maximum absolute atomic E-state index is 5.48. The normalized spacial score (nSPS) is 20.8. The first kappa shape index (κ1) is 12.6. The summed E-state index contributed by atoms with van der Waals surface area (Å²) in [4.78, 5) is 8.69. The monoisotopic (exact) mass is 375 g/mol. The van der Waals surface area contributed by atoms with Crippen molar-refractivity contribution < 1.29 is 4.74 Å². The highest BCUT2D eigenvalue weighted by molar-refractivity contribution is 14.1. The second kappa shape index (κ2) is 5.66. The SMILES string of the molecule is Ic1cc2ncnc(NC3CCCOCC3)c2s1. The van der Waals surface area contributed by atoms with Gasteiger partial charge in [-0.25, -0.2) is 9.97 Å². The Morgan fingerprint density at radius 1 is 1.33 bits per heavy atom. The third kappa shape index (κ3) is 2.75. The van der Waals surface area contributed by atoms with Crippen molar-refractivity contribution in [2.24, 2.45) is 0 Å². The molecule has 18 heavy (non-hydrogen) atoms. The molecule has 3 heterocycles. The lowest BCUT2D eigenvalue weighted by molar-refractivity contribution is 0.144. The van der Waals surface area contributed by atoms with Crippen molar-refractivity contribution in [1.29, 1.82) is 0 Å². The summed E-state index contributed by atoms with van der Waals surface area (Å²) < 4.78 is 7.89. The van der Waals surface area contributed by atoms with E-state index in [-0.39, 0.29) is 0 Å². The number of thiophene rings is 1. The highest BCUT2D eigenvalue weighted by atomic mass is 127. The topological polar surface area (TPSA) is 47.0 Å². The van der Waals surface area contributed by atoms with Gasteiger partial charge in [0.25, 0.3) is 0 Å². The van der Waals surface area contributed by atoms with Crippen molar-refractivity contribution in [2.45, 2.75) is 25.3 Å². The third-order valence-corrected chi connectivity index (χ3v) is 4.97. The van der Waals surface area contributed by atoms with Crippen LogP contribution in [0.4, 0.5) is 5.82 Å². The van der Waals surface area contributed by atoms with Gasteiger partial charge in [-0.05, 0) is 47.9 Å². The smallest absolute Gasteiger partial charge is 0.147 e. The molecule has 1 unspecified atom stereocenters. The number of aromatic nitrogens is 2.